The molecule has 1 unspecified atom stereocenters. The van der Waals surface area contributed by atoms with E-state index >= 15 is 0 Å². The molecule has 2 aromatic rings. The van der Waals surface area contributed by atoms with Crippen molar-refractivity contribution in [3.05, 3.63) is 47.8 Å². The highest BCUT2D eigenvalue weighted by Gasteiger charge is 2.25. The maximum atomic E-state index is 12.1. The van der Waals surface area contributed by atoms with Gasteiger partial charge >= 0.3 is 0 Å². The molecule has 1 aromatic heterocycles. The predicted octanol–water partition coefficient (Wildman–Crippen LogP) is 2.42. The van der Waals surface area contributed by atoms with Crippen LogP contribution >= 0.6 is 12.4 Å². The van der Waals surface area contributed by atoms with Crippen molar-refractivity contribution in [3.63, 3.8) is 0 Å². The van der Waals surface area contributed by atoms with E-state index in [9.17, 15) is 8.42 Å². The fraction of sp³-hybridized carbons (Fsp3) is 0.444. The molecule has 1 saturated heterocycles. The van der Waals surface area contributed by atoms with Gasteiger partial charge in [-0.05, 0) is 31.4 Å². The van der Waals surface area contributed by atoms with Crippen LogP contribution in [0.15, 0.2) is 41.4 Å². The van der Waals surface area contributed by atoms with E-state index in [0.29, 0.717) is 18.2 Å². The number of benzene rings is 1. The van der Waals surface area contributed by atoms with Crippen molar-refractivity contribution >= 4 is 28.2 Å². The predicted molar refractivity (Wildman–Crippen MR) is 106 cm³/mol. The zero-order valence-corrected chi connectivity index (χ0v) is 16.4. The minimum absolute atomic E-state index is 0. The van der Waals surface area contributed by atoms with E-state index in [-0.39, 0.29) is 23.2 Å². The second-order valence-electron chi connectivity index (χ2n) is 6.42. The third-order valence-electron chi connectivity index (χ3n) is 4.41. The van der Waals surface area contributed by atoms with Gasteiger partial charge in [0.2, 0.25) is 5.95 Å². The minimum atomic E-state index is -3.34. The molecule has 26 heavy (non-hydrogen) atoms. The first-order chi connectivity index (χ1) is 12.0. The molecule has 142 valence electrons. The van der Waals surface area contributed by atoms with Gasteiger partial charge < -0.3 is 10.6 Å². The van der Waals surface area contributed by atoms with Gasteiger partial charge in [0.1, 0.15) is 4.90 Å². The molecule has 0 radical (unpaired) electrons. The molecule has 0 amide bonds. The summed E-state index contributed by atoms with van der Waals surface area (Å²) in [6, 6.07) is 10.2. The first-order valence-corrected chi connectivity index (χ1v) is 10.5. The Morgan fingerprint density at radius 2 is 2.04 bits per heavy atom. The van der Waals surface area contributed by atoms with Gasteiger partial charge in [0.05, 0.1) is 11.9 Å². The largest absolute Gasteiger partial charge is 0.354 e. The van der Waals surface area contributed by atoms with Gasteiger partial charge in [-0.15, -0.1) is 12.4 Å². The summed E-state index contributed by atoms with van der Waals surface area (Å²) in [5.41, 5.74) is 1.87. The molecule has 1 atom stereocenters. The number of piperidine rings is 1. The molecule has 1 aliphatic rings. The topological polar surface area (TPSA) is 84.0 Å². The number of nitrogens with one attached hydrogen (secondary N) is 2. The summed E-state index contributed by atoms with van der Waals surface area (Å²) in [4.78, 5) is 9.01. The SMILES string of the molecule is CS(=O)(=O)c1cnc(NCCc2ccccc2)nc1C1CCCNC1.Cl. The Morgan fingerprint density at radius 3 is 2.69 bits per heavy atom. The fourth-order valence-corrected chi connectivity index (χ4v) is 3.93. The summed E-state index contributed by atoms with van der Waals surface area (Å²) in [6.45, 7) is 2.42. The number of hydrogen-bond acceptors (Lipinski definition) is 6. The van der Waals surface area contributed by atoms with Crippen molar-refractivity contribution in [2.45, 2.75) is 30.1 Å². The summed E-state index contributed by atoms with van der Waals surface area (Å²) < 4.78 is 24.2. The number of nitrogens with zero attached hydrogens (tertiary/aromatic N) is 2. The van der Waals surface area contributed by atoms with E-state index in [2.05, 4.69) is 32.7 Å². The lowest BCUT2D eigenvalue weighted by molar-refractivity contribution is 0.448. The molecule has 1 fully saturated rings. The van der Waals surface area contributed by atoms with Gasteiger partial charge in [-0.25, -0.2) is 18.4 Å². The molecular weight excluding hydrogens is 372 g/mol. The van der Waals surface area contributed by atoms with Crippen molar-refractivity contribution in [2.24, 2.45) is 0 Å². The van der Waals surface area contributed by atoms with Crippen LogP contribution < -0.4 is 10.6 Å². The van der Waals surface area contributed by atoms with Crippen LogP contribution in [-0.2, 0) is 16.3 Å². The van der Waals surface area contributed by atoms with Gasteiger partial charge in [-0.1, -0.05) is 30.3 Å². The van der Waals surface area contributed by atoms with E-state index in [1.165, 1.54) is 18.0 Å². The van der Waals surface area contributed by atoms with Crippen molar-refractivity contribution in [3.8, 4) is 0 Å². The monoisotopic (exact) mass is 396 g/mol. The maximum Gasteiger partial charge on any atom is 0.222 e. The van der Waals surface area contributed by atoms with Crippen molar-refractivity contribution in [1.82, 2.24) is 15.3 Å². The lowest BCUT2D eigenvalue weighted by atomic mass is 9.96. The zero-order valence-electron chi connectivity index (χ0n) is 14.8. The molecule has 0 aliphatic carbocycles. The van der Waals surface area contributed by atoms with E-state index in [1.807, 2.05) is 18.2 Å². The Labute approximate surface area is 161 Å². The van der Waals surface area contributed by atoms with Crippen LogP contribution in [0.25, 0.3) is 0 Å². The van der Waals surface area contributed by atoms with Crippen LogP contribution in [0.3, 0.4) is 0 Å². The maximum absolute atomic E-state index is 12.1. The van der Waals surface area contributed by atoms with Gasteiger partial charge in [-0.3, -0.25) is 0 Å². The molecule has 1 aliphatic heterocycles. The summed E-state index contributed by atoms with van der Waals surface area (Å²) in [7, 11) is -3.34. The molecule has 8 heteroatoms. The fourth-order valence-electron chi connectivity index (χ4n) is 3.10. The van der Waals surface area contributed by atoms with Crippen LogP contribution in [0, 0.1) is 0 Å². The van der Waals surface area contributed by atoms with Crippen LogP contribution in [0.1, 0.15) is 30.0 Å². The molecule has 0 bridgehead atoms. The normalized spacial score (nSPS) is 17.3. The molecular formula is C18H25ClN4O2S. The average Bonchev–Trinajstić information content (AvgIpc) is 2.62. The summed E-state index contributed by atoms with van der Waals surface area (Å²) >= 11 is 0. The lowest BCUT2D eigenvalue weighted by Crippen LogP contribution is -2.30. The van der Waals surface area contributed by atoms with Crippen LogP contribution in [0.2, 0.25) is 0 Å². The summed E-state index contributed by atoms with van der Waals surface area (Å²) in [5, 5.41) is 6.53. The van der Waals surface area contributed by atoms with E-state index in [4.69, 9.17) is 0 Å². The molecule has 6 nitrogen and oxygen atoms in total. The number of sulfone groups is 1. The molecule has 3 rings (SSSR count). The highest BCUT2D eigenvalue weighted by molar-refractivity contribution is 7.90. The second kappa shape index (κ2) is 9.30. The Morgan fingerprint density at radius 1 is 1.27 bits per heavy atom. The lowest BCUT2D eigenvalue weighted by Gasteiger charge is -2.24. The Hall–Kier alpha value is -1.70. The molecule has 0 saturated carbocycles. The quantitative estimate of drug-likeness (QED) is 0.780. The van der Waals surface area contributed by atoms with E-state index < -0.39 is 9.84 Å². The third-order valence-corrected chi connectivity index (χ3v) is 5.52. The number of aromatic nitrogens is 2. The first kappa shape index (κ1) is 20.6. The minimum Gasteiger partial charge on any atom is -0.354 e. The van der Waals surface area contributed by atoms with Gasteiger partial charge in [0, 0.05) is 25.3 Å². The number of halogens is 1. The third kappa shape index (κ3) is 5.40. The summed E-state index contributed by atoms with van der Waals surface area (Å²) in [6.07, 6.45) is 5.48. The Kier molecular flexibility index (Phi) is 7.37. The van der Waals surface area contributed by atoms with Gasteiger partial charge in [-0.2, -0.15) is 0 Å². The number of hydrogen-bond donors (Lipinski definition) is 2. The highest BCUT2D eigenvalue weighted by atomic mass is 35.5. The van der Waals surface area contributed by atoms with E-state index in [1.54, 1.807) is 0 Å². The smallest absolute Gasteiger partial charge is 0.222 e. The summed E-state index contributed by atoms with van der Waals surface area (Å²) in [5.74, 6) is 0.597. The number of anilines is 1. The molecule has 2 heterocycles. The van der Waals surface area contributed by atoms with Gasteiger partial charge in [0.25, 0.3) is 0 Å². The van der Waals surface area contributed by atoms with Gasteiger partial charge in [0.15, 0.2) is 9.84 Å². The Bertz CT molecular complexity index is 809. The standard InChI is InChI=1S/C18H24N4O2S.ClH/c1-25(23,24)16-13-21-18(20-11-9-14-6-3-2-4-7-14)22-17(16)15-8-5-10-19-12-15;/h2-4,6-7,13,15,19H,5,8-12H2,1H3,(H,20,21,22);1H. The van der Waals surface area contributed by atoms with Crippen LogP contribution in [-0.4, -0.2) is 44.3 Å². The number of rotatable bonds is 6. The highest BCUT2D eigenvalue weighted by Crippen LogP contribution is 2.27. The van der Waals surface area contributed by atoms with Crippen molar-refractivity contribution in [1.29, 1.82) is 0 Å². The second-order valence-corrected chi connectivity index (χ2v) is 8.41. The molecule has 2 N–H and O–H groups in total. The molecule has 1 aromatic carbocycles. The first-order valence-electron chi connectivity index (χ1n) is 8.59. The van der Waals surface area contributed by atoms with Crippen LogP contribution in [0.4, 0.5) is 5.95 Å². The van der Waals surface area contributed by atoms with E-state index in [0.717, 1.165) is 32.4 Å². The molecule has 0 spiro atoms. The Balaban J connectivity index is 0.00000243. The zero-order chi connectivity index (χ0) is 17.7. The van der Waals surface area contributed by atoms with Crippen molar-refractivity contribution in [2.75, 3.05) is 31.2 Å². The van der Waals surface area contributed by atoms with Crippen molar-refractivity contribution < 1.29 is 8.42 Å². The average molecular weight is 397 g/mol. The van der Waals surface area contributed by atoms with Crippen LogP contribution in [0.5, 0.6) is 0 Å².